The first-order chi connectivity index (χ1) is 27.2. The molecule has 0 amide bonds. The Balaban J connectivity index is 1.18. The zero-order chi connectivity index (χ0) is 38.4. The molecular formula is C49H67N3O4. The molecule has 2 N–H and O–H groups in total. The van der Waals surface area contributed by atoms with E-state index in [9.17, 15) is 4.79 Å². The van der Waals surface area contributed by atoms with E-state index in [1.165, 1.54) is 56.2 Å². The van der Waals surface area contributed by atoms with Crippen LogP contribution in [0.5, 0.6) is 0 Å². The first-order valence-electron chi connectivity index (χ1n) is 23.1. The second-order valence-corrected chi connectivity index (χ2v) is 20.3. The van der Waals surface area contributed by atoms with Crippen LogP contribution in [0.2, 0.25) is 0 Å². The molecule has 12 aliphatic rings. The van der Waals surface area contributed by atoms with Gasteiger partial charge in [-0.25, -0.2) is 4.79 Å². The molecule has 2 saturated carbocycles. The van der Waals surface area contributed by atoms with Gasteiger partial charge in [0.25, 0.3) is 0 Å². The van der Waals surface area contributed by atoms with E-state index >= 15 is 4.79 Å². The fourth-order valence-electron chi connectivity index (χ4n) is 14.6. The maximum absolute atomic E-state index is 15.3. The maximum Gasteiger partial charge on any atom is 0.339 e. The van der Waals surface area contributed by atoms with Crippen molar-refractivity contribution in [2.75, 3.05) is 32.7 Å². The summed E-state index contributed by atoms with van der Waals surface area (Å²) >= 11 is 0. The van der Waals surface area contributed by atoms with Crippen LogP contribution in [0.15, 0.2) is 53.5 Å². The van der Waals surface area contributed by atoms with Gasteiger partial charge in [-0.1, -0.05) is 95.2 Å². The molecule has 2 spiro atoms. The van der Waals surface area contributed by atoms with Crippen molar-refractivity contribution >= 4 is 11.9 Å². The molecule has 10 atom stereocenters. The van der Waals surface area contributed by atoms with Gasteiger partial charge >= 0.3 is 11.9 Å². The number of benzene rings is 1. The highest BCUT2D eigenvalue weighted by molar-refractivity contribution is 5.99. The molecule has 8 aliphatic heterocycles. The molecule has 5 fully saturated rings. The number of carbonyl (C=O) groups is 2. The van der Waals surface area contributed by atoms with Crippen LogP contribution >= 0.6 is 0 Å². The number of ether oxygens (including phenoxy) is 2. The Hall–Kier alpha value is -2.90. The molecule has 7 nitrogen and oxygen atoms in total. The highest BCUT2D eigenvalue weighted by Crippen LogP contribution is 2.84. The number of carbonyl (C=O) groups excluding carboxylic acids is 2. The van der Waals surface area contributed by atoms with Crippen molar-refractivity contribution in [3.05, 3.63) is 70.1 Å². The molecule has 8 bridgehead atoms. The lowest BCUT2D eigenvalue weighted by Crippen LogP contribution is -2.75. The Morgan fingerprint density at radius 3 is 2.57 bits per heavy atom. The van der Waals surface area contributed by atoms with Crippen LogP contribution in [0.25, 0.3) is 0 Å². The monoisotopic (exact) mass is 762 g/mol. The number of nitrogens with zero attached hydrogens (tertiary/aromatic N) is 2. The zero-order valence-electron chi connectivity index (χ0n) is 34.5. The van der Waals surface area contributed by atoms with Crippen molar-refractivity contribution in [3.63, 3.8) is 0 Å². The van der Waals surface area contributed by atoms with E-state index in [1.807, 2.05) is 0 Å². The summed E-state index contributed by atoms with van der Waals surface area (Å²) in [7, 11) is 0. The van der Waals surface area contributed by atoms with Crippen molar-refractivity contribution in [2.45, 2.75) is 135 Å². The van der Waals surface area contributed by atoms with E-state index in [4.69, 9.17) is 15.2 Å². The van der Waals surface area contributed by atoms with Crippen molar-refractivity contribution in [1.29, 1.82) is 0 Å². The van der Waals surface area contributed by atoms with Gasteiger partial charge in [-0.3, -0.25) is 9.69 Å². The fourth-order valence-corrected chi connectivity index (χ4v) is 14.6. The van der Waals surface area contributed by atoms with Crippen molar-refractivity contribution < 1.29 is 19.1 Å². The van der Waals surface area contributed by atoms with Gasteiger partial charge in [0.2, 0.25) is 0 Å². The molecule has 302 valence electrons. The van der Waals surface area contributed by atoms with Gasteiger partial charge in [-0.05, 0) is 112 Å². The Morgan fingerprint density at radius 1 is 1.00 bits per heavy atom. The SMILES string of the molecule is CCC(C)CC1C23C=C4CCC2(C(=CCC(CC2CCCCC2)N2CC5CC(CN(C5)C5=CCC(C)CC45)C2)OC3=O)C12OC(=O)c1c(CCCN)cccc12. The van der Waals surface area contributed by atoms with Gasteiger partial charge in [0, 0.05) is 55.3 Å². The number of piperidine rings is 2. The second-order valence-electron chi connectivity index (χ2n) is 20.3. The van der Waals surface area contributed by atoms with Gasteiger partial charge in [-0.2, -0.15) is 0 Å². The predicted molar refractivity (Wildman–Crippen MR) is 219 cm³/mol. The Kier molecular flexibility index (Phi) is 9.43. The molecule has 13 rings (SSSR count). The molecule has 0 aromatic heterocycles. The van der Waals surface area contributed by atoms with Crippen LogP contribution in [0.3, 0.4) is 0 Å². The number of hydrogen-bond acceptors (Lipinski definition) is 7. The predicted octanol–water partition coefficient (Wildman–Crippen LogP) is 9.07. The minimum absolute atomic E-state index is 0.101. The third-order valence-corrected chi connectivity index (χ3v) is 17.1. The summed E-state index contributed by atoms with van der Waals surface area (Å²) in [5.74, 6) is 3.69. The summed E-state index contributed by atoms with van der Waals surface area (Å²) in [5, 5.41) is 0. The lowest BCUT2D eigenvalue weighted by Gasteiger charge is -2.69. The molecule has 10 unspecified atom stereocenters. The third-order valence-electron chi connectivity index (χ3n) is 17.1. The molecule has 3 saturated heterocycles. The lowest BCUT2D eigenvalue weighted by molar-refractivity contribution is -0.274. The summed E-state index contributed by atoms with van der Waals surface area (Å²) in [6, 6.07) is 6.80. The van der Waals surface area contributed by atoms with Crippen molar-refractivity contribution in [1.82, 2.24) is 9.80 Å². The molecule has 56 heavy (non-hydrogen) atoms. The number of allylic oxidation sites excluding steroid dienone is 2. The first kappa shape index (κ1) is 37.4. The molecular weight excluding hydrogens is 695 g/mol. The van der Waals surface area contributed by atoms with Crippen LogP contribution in [-0.4, -0.2) is 60.5 Å². The Bertz CT molecular complexity index is 1830. The highest BCUT2D eigenvalue weighted by atomic mass is 16.6. The lowest BCUT2D eigenvalue weighted by atomic mass is 9.31. The third kappa shape index (κ3) is 5.33. The molecule has 0 radical (unpaired) electrons. The molecule has 7 heteroatoms. The number of esters is 2. The normalized spacial score (nSPS) is 40.4. The average molecular weight is 762 g/mol. The molecule has 4 aliphatic carbocycles. The largest absolute Gasteiger partial charge is 0.449 e. The summed E-state index contributed by atoms with van der Waals surface area (Å²) in [4.78, 5) is 35.5. The Labute approximate surface area is 335 Å². The minimum atomic E-state index is -0.950. The summed E-state index contributed by atoms with van der Waals surface area (Å²) in [6.45, 7) is 12.2. The van der Waals surface area contributed by atoms with E-state index in [0.717, 1.165) is 112 Å². The van der Waals surface area contributed by atoms with Crippen LogP contribution in [0, 0.1) is 52.3 Å². The van der Waals surface area contributed by atoms with Crippen LogP contribution in [-0.2, 0) is 26.3 Å². The molecule has 8 heterocycles. The van der Waals surface area contributed by atoms with E-state index in [2.05, 4.69) is 67.0 Å². The van der Waals surface area contributed by atoms with E-state index in [0.29, 0.717) is 42.2 Å². The number of aryl methyl sites for hydroxylation is 1. The van der Waals surface area contributed by atoms with E-state index in [-0.39, 0.29) is 17.9 Å². The number of fused-ring (bicyclic) bond motifs is 2. The first-order valence-corrected chi connectivity index (χ1v) is 23.1. The van der Waals surface area contributed by atoms with E-state index < -0.39 is 16.4 Å². The summed E-state index contributed by atoms with van der Waals surface area (Å²) in [6.07, 6.45) is 24.9. The number of nitrogens with two attached hydrogens (primary N) is 1. The summed E-state index contributed by atoms with van der Waals surface area (Å²) in [5.41, 5.74) is 9.15. The minimum Gasteiger partial charge on any atom is -0.449 e. The van der Waals surface area contributed by atoms with Gasteiger partial charge in [0.15, 0.2) is 5.60 Å². The van der Waals surface area contributed by atoms with Crippen molar-refractivity contribution in [2.24, 2.45) is 58.0 Å². The average Bonchev–Trinajstić information content (AvgIpc) is 3.65. The zero-order valence-corrected chi connectivity index (χ0v) is 34.5. The van der Waals surface area contributed by atoms with E-state index in [1.54, 1.807) is 0 Å². The fraction of sp³-hybridized carbons (Fsp3) is 0.714. The summed E-state index contributed by atoms with van der Waals surface area (Å²) < 4.78 is 14.0. The second kappa shape index (κ2) is 14.1. The van der Waals surface area contributed by atoms with Crippen LogP contribution in [0.1, 0.15) is 139 Å². The Morgan fingerprint density at radius 2 is 1.80 bits per heavy atom. The maximum atomic E-state index is 15.3. The smallest absolute Gasteiger partial charge is 0.339 e. The van der Waals surface area contributed by atoms with Gasteiger partial charge in [0.1, 0.15) is 11.2 Å². The number of hydrogen-bond donors (Lipinski definition) is 1. The van der Waals surface area contributed by atoms with Crippen LogP contribution < -0.4 is 5.73 Å². The standard InChI is InChI=1S/C49H67N3O4/c1-4-31(2)23-42-47-26-37-19-20-48(47,49(42)40-14-8-12-36(13-9-21-50)44(40)45(53)56-49)43(55-46(47)54)18-16-38(25-33-10-6-5-7-11-33)51-27-34-24-35(28-51)30-52(29-34)41-17-15-32(3)22-39(37)41/h8,12,14,17-18,26,31-35,38-39,42H,4-7,9-11,13,15-16,19-25,27-30,50H2,1-3H3. The van der Waals surface area contributed by atoms with Gasteiger partial charge in [0.05, 0.1) is 11.0 Å². The van der Waals surface area contributed by atoms with Gasteiger partial charge in [-0.15, -0.1) is 0 Å². The molecule has 1 aromatic rings. The highest BCUT2D eigenvalue weighted by Gasteiger charge is 2.91. The van der Waals surface area contributed by atoms with Gasteiger partial charge < -0.3 is 20.1 Å². The quantitative estimate of drug-likeness (QED) is 0.209. The molecule has 1 aromatic carbocycles. The van der Waals surface area contributed by atoms with Crippen molar-refractivity contribution in [3.8, 4) is 0 Å². The topological polar surface area (TPSA) is 85.1 Å². The number of rotatable bonds is 8. The van der Waals surface area contributed by atoms with Crippen LogP contribution in [0.4, 0.5) is 0 Å².